The summed E-state index contributed by atoms with van der Waals surface area (Å²) in [4.78, 5) is 22.6. The Hall–Kier alpha value is -2.68. The molecule has 1 saturated carbocycles. The van der Waals surface area contributed by atoms with Crippen LogP contribution in [0.5, 0.6) is 0 Å². The van der Waals surface area contributed by atoms with Crippen molar-refractivity contribution in [2.75, 3.05) is 41.0 Å². The van der Waals surface area contributed by atoms with Crippen molar-refractivity contribution in [3.8, 4) is 11.4 Å². The van der Waals surface area contributed by atoms with Crippen LogP contribution in [0.1, 0.15) is 33.1 Å². The van der Waals surface area contributed by atoms with E-state index >= 15 is 0 Å². The smallest absolute Gasteiger partial charge is 0.219 e. The first kappa shape index (κ1) is 17.4. The summed E-state index contributed by atoms with van der Waals surface area (Å²) >= 11 is 0. The van der Waals surface area contributed by atoms with Gasteiger partial charge in [-0.05, 0) is 33.1 Å². The van der Waals surface area contributed by atoms with Crippen LogP contribution in [-0.4, -0.2) is 57.9 Å². The molecular formula is C19H26N8O. The zero-order valence-electron chi connectivity index (χ0n) is 16.5. The van der Waals surface area contributed by atoms with Gasteiger partial charge in [-0.2, -0.15) is 0 Å². The van der Waals surface area contributed by atoms with E-state index in [0.29, 0.717) is 18.5 Å². The molecule has 0 amide bonds. The minimum atomic E-state index is -0.324. The lowest BCUT2D eigenvalue weighted by atomic mass is 9.92. The fraction of sp³-hybridized carbons (Fsp3) is 0.579. The van der Waals surface area contributed by atoms with Crippen LogP contribution in [0.2, 0.25) is 0 Å². The molecule has 0 aromatic carbocycles. The molecule has 9 heteroatoms. The maximum Gasteiger partial charge on any atom is 0.219 e. The lowest BCUT2D eigenvalue weighted by Crippen LogP contribution is -2.58. The molecule has 1 atom stereocenters. The van der Waals surface area contributed by atoms with Crippen molar-refractivity contribution < 1.29 is 4.74 Å². The van der Waals surface area contributed by atoms with Crippen molar-refractivity contribution in [2.45, 2.75) is 50.9 Å². The third-order valence-corrected chi connectivity index (χ3v) is 6.09. The molecule has 3 aliphatic rings. The number of nitrogens with zero attached hydrogens (tertiary/aromatic N) is 6. The summed E-state index contributed by atoms with van der Waals surface area (Å²) in [6, 6.07) is 0.512. The standard InChI is InChI=1S/C19H26N8O/c1-19(2)17-23-13-15(26(3)12-5-4-6-12)24-14(11-9-21-18(20)22-10-11)25-16(13)27(17)7-8-28-19/h9-10,12,17,23H,4-8H2,1-3H3,(H2,20,21,22). The number of ether oxygens (including phenoxy) is 1. The van der Waals surface area contributed by atoms with Crippen LogP contribution >= 0.6 is 0 Å². The Labute approximate surface area is 164 Å². The Bertz CT molecular complexity index is 896. The predicted molar refractivity (Wildman–Crippen MR) is 108 cm³/mol. The molecule has 2 fully saturated rings. The van der Waals surface area contributed by atoms with Crippen molar-refractivity contribution in [2.24, 2.45) is 0 Å². The summed E-state index contributed by atoms with van der Waals surface area (Å²) in [6.45, 7) is 5.68. The summed E-state index contributed by atoms with van der Waals surface area (Å²) in [5.74, 6) is 2.70. The number of aromatic nitrogens is 4. The molecule has 1 saturated heterocycles. The van der Waals surface area contributed by atoms with Gasteiger partial charge in [0, 0.05) is 32.0 Å². The van der Waals surface area contributed by atoms with Gasteiger partial charge in [0.25, 0.3) is 0 Å². The second-order valence-electron chi connectivity index (χ2n) is 8.29. The highest BCUT2D eigenvalue weighted by Crippen LogP contribution is 2.45. The first-order valence-corrected chi connectivity index (χ1v) is 9.84. The van der Waals surface area contributed by atoms with E-state index in [1.165, 1.54) is 19.3 Å². The molecular weight excluding hydrogens is 356 g/mol. The fourth-order valence-electron chi connectivity index (χ4n) is 4.17. The minimum Gasteiger partial charge on any atom is -0.370 e. The lowest BCUT2D eigenvalue weighted by Gasteiger charge is -2.42. The van der Waals surface area contributed by atoms with Crippen molar-refractivity contribution in [3.05, 3.63) is 12.4 Å². The molecule has 5 rings (SSSR count). The average Bonchev–Trinajstić information content (AvgIpc) is 3.00. The molecule has 4 heterocycles. The van der Waals surface area contributed by atoms with Gasteiger partial charge in [-0.1, -0.05) is 0 Å². The monoisotopic (exact) mass is 382 g/mol. The van der Waals surface area contributed by atoms with Gasteiger partial charge in [0.1, 0.15) is 17.5 Å². The molecule has 3 N–H and O–H groups in total. The molecule has 0 radical (unpaired) electrons. The zero-order chi connectivity index (χ0) is 19.5. The highest BCUT2D eigenvalue weighted by Gasteiger charge is 2.46. The third kappa shape index (κ3) is 2.64. The highest BCUT2D eigenvalue weighted by atomic mass is 16.5. The van der Waals surface area contributed by atoms with Crippen LogP contribution < -0.4 is 20.9 Å². The molecule has 2 aromatic heterocycles. The Morgan fingerprint density at radius 3 is 2.68 bits per heavy atom. The number of morpholine rings is 1. The summed E-state index contributed by atoms with van der Waals surface area (Å²) in [7, 11) is 2.12. The quantitative estimate of drug-likeness (QED) is 0.823. The van der Waals surface area contributed by atoms with Crippen LogP contribution in [-0.2, 0) is 4.74 Å². The predicted octanol–water partition coefficient (Wildman–Crippen LogP) is 1.87. The summed E-state index contributed by atoms with van der Waals surface area (Å²) in [6.07, 6.45) is 7.04. The number of nitrogens with two attached hydrogens (primary N) is 1. The highest BCUT2D eigenvalue weighted by molar-refractivity contribution is 5.85. The van der Waals surface area contributed by atoms with Gasteiger partial charge in [0.05, 0.1) is 12.2 Å². The second-order valence-corrected chi connectivity index (χ2v) is 8.29. The number of anilines is 4. The maximum absolute atomic E-state index is 6.02. The van der Waals surface area contributed by atoms with Crippen molar-refractivity contribution in [1.29, 1.82) is 0 Å². The first-order valence-electron chi connectivity index (χ1n) is 9.84. The topological polar surface area (TPSA) is 105 Å². The Balaban J connectivity index is 1.63. The Morgan fingerprint density at radius 1 is 1.25 bits per heavy atom. The van der Waals surface area contributed by atoms with Gasteiger partial charge >= 0.3 is 0 Å². The minimum absolute atomic E-state index is 0.0250. The van der Waals surface area contributed by atoms with Crippen molar-refractivity contribution in [3.63, 3.8) is 0 Å². The van der Waals surface area contributed by atoms with E-state index in [1.54, 1.807) is 12.4 Å². The van der Waals surface area contributed by atoms with E-state index in [0.717, 1.165) is 29.4 Å². The SMILES string of the molecule is CN(c1nc(-c2cnc(N)nc2)nc2c1NC1N2CCOC1(C)C)C1CCC1. The number of rotatable bonds is 3. The molecule has 0 bridgehead atoms. The van der Waals surface area contributed by atoms with Crippen LogP contribution in [0.4, 0.5) is 23.3 Å². The van der Waals surface area contributed by atoms with Gasteiger partial charge in [0.2, 0.25) is 5.95 Å². The van der Waals surface area contributed by atoms with Crippen LogP contribution in [0, 0.1) is 0 Å². The third-order valence-electron chi connectivity index (χ3n) is 6.09. The molecule has 28 heavy (non-hydrogen) atoms. The normalized spacial score (nSPS) is 22.8. The van der Waals surface area contributed by atoms with E-state index in [1.807, 2.05) is 0 Å². The molecule has 148 valence electrons. The summed E-state index contributed by atoms with van der Waals surface area (Å²) in [5.41, 5.74) is 7.07. The number of nitrogens with one attached hydrogen (secondary N) is 1. The molecule has 0 spiro atoms. The van der Waals surface area contributed by atoms with Crippen LogP contribution in [0.15, 0.2) is 12.4 Å². The van der Waals surface area contributed by atoms with E-state index in [9.17, 15) is 0 Å². The first-order chi connectivity index (χ1) is 13.4. The molecule has 2 aliphatic heterocycles. The van der Waals surface area contributed by atoms with Gasteiger partial charge in [0.15, 0.2) is 17.5 Å². The van der Waals surface area contributed by atoms with Gasteiger partial charge in [-0.25, -0.2) is 19.9 Å². The number of fused-ring (bicyclic) bond motifs is 3. The van der Waals surface area contributed by atoms with Crippen LogP contribution in [0.3, 0.4) is 0 Å². The molecule has 2 aromatic rings. The summed E-state index contributed by atoms with van der Waals surface area (Å²) in [5, 5.41) is 3.65. The Kier molecular flexibility index (Phi) is 3.84. The van der Waals surface area contributed by atoms with E-state index in [4.69, 9.17) is 20.4 Å². The van der Waals surface area contributed by atoms with Crippen molar-refractivity contribution in [1.82, 2.24) is 19.9 Å². The molecule has 1 aliphatic carbocycles. The van der Waals surface area contributed by atoms with Gasteiger partial charge in [-0.3, -0.25) is 0 Å². The van der Waals surface area contributed by atoms with Crippen LogP contribution in [0.25, 0.3) is 11.4 Å². The number of hydrogen-bond donors (Lipinski definition) is 2. The van der Waals surface area contributed by atoms with E-state index in [2.05, 4.69) is 46.0 Å². The van der Waals surface area contributed by atoms with Crippen molar-refractivity contribution >= 4 is 23.3 Å². The number of hydrogen-bond acceptors (Lipinski definition) is 9. The molecule has 9 nitrogen and oxygen atoms in total. The zero-order valence-corrected chi connectivity index (χ0v) is 16.5. The van der Waals surface area contributed by atoms with Gasteiger partial charge in [-0.15, -0.1) is 0 Å². The number of nitrogen functional groups attached to an aromatic ring is 1. The second kappa shape index (κ2) is 6.16. The lowest BCUT2D eigenvalue weighted by molar-refractivity contribution is -0.0489. The largest absolute Gasteiger partial charge is 0.370 e. The fourth-order valence-corrected chi connectivity index (χ4v) is 4.17. The summed E-state index contributed by atoms with van der Waals surface area (Å²) < 4.78 is 6.02. The van der Waals surface area contributed by atoms with E-state index in [-0.39, 0.29) is 17.7 Å². The maximum atomic E-state index is 6.02. The average molecular weight is 382 g/mol. The molecule has 1 unspecified atom stereocenters. The van der Waals surface area contributed by atoms with E-state index < -0.39 is 0 Å². The van der Waals surface area contributed by atoms with Gasteiger partial charge < -0.3 is 25.6 Å². The Morgan fingerprint density at radius 2 is 2.00 bits per heavy atom.